The number of urea groups is 1. The lowest BCUT2D eigenvalue weighted by atomic mass is 9.74. The Morgan fingerprint density at radius 2 is 1.94 bits per heavy atom. The second-order valence-electron chi connectivity index (χ2n) is 5.48. The van der Waals surface area contributed by atoms with Crippen molar-refractivity contribution in [2.24, 2.45) is 5.92 Å². The molecule has 104 valence electrons. The zero-order valence-corrected chi connectivity index (χ0v) is 11.5. The van der Waals surface area contributed by atoms with Crippen LogP contribution in [0, 0.1) is 5.92 Å². The van der Waals surface area contributed by atoms with E-state index in [1.165, 1.54) is 0 Å². The Hall–Kier alpha value is -1.26. The van der Waals surface area contributed by atoms with Gasteiger partial charge in [-0.15, -0.1) is 0 Å². The minimum absolute atomic E-state index is 0.0120. The van der Waals surface area contributed by atoms with Crippen molar-refractivity contribution in [3.05, 3.63) is 0 Å². The molecule has 0 spiro atoms. The molecule has 2 unspecified atom stereocenters. The summed E-state index contributed by atoms with van der Waals surface area (Å²) < 4.78 is 0. The van der Waals surface area contributed by atoms with Crippen LogP contribution in [0.4, 0.5) is 4.79 Å². The third-order valence-electron chi connectivity index (χ3n) is 4.04. The van der Waals surface area contributed by atoms with Crippen LogP contribution in [0.1, 0.15) is 52.9 Å². The molecule has 0 aromatic rings. The summed E-state index contributed by atoms with van der Waals surface area (Å²) >= 11 is 0. The molecule has 0 radical (unpaired) electrons. The highest BCUT2D eigenvalue weighted by Gasteiger charge is 2.40. The summed E-state index contributed by atoms with van der Waals surface area (Å²) in [5, 5.41) is 14.6. The molecule has 1 aliphatic rings. The Labute approximate surface area is 108 Å². The Morgan fingerprint density at radius 1 is 1.33 bits per heavy atom. The Bertz CT molecular complexity index is 313. The minimum Gasteiger partial charge on any atom is -0.481 e. The number of aliphatic carboxylic acids is 1. The fourth-order valence-corrected chi connectivity index (χ4v) is 2.22. The standard InChI is InChI=1S/C13H24N2O3/c1-4-9(2)10(3)14-12(18)15-13(6-5-7-13)8-11(16)17/h9-10H,4-8H2,1-3H3,(H,16,17)(H2,14,15,18). The summed E-state index contributed by atoms with van der Waals surface area (Å²) in [5.74, 6) is -0.447. The molecule has 2 amide bonds. The van der Waals surface area contributed by atoms with Crippen LogP contribution in [0.2, 0.25) is 0 Å². The van der Waals surface area contributed by atoms with Crippen LogP contribution in [-0.4, -0.2) is 28.7 Å². The van der Waals surface area contributed by atoms with Gasteiger partial charge in [0.25, 0.3) is 0 Å². The molecule has 0 aliphatic heterocycles. The van der Waals surface area contributed by atoms with Gasteiger partial charge in [0, 0.05) is 6.04 Å². The van der Waals surface area contributed by atoms with Gasteiger partial charge in [-0.25, -0.2) is 4.79 Å². The van der Waals surface area contributed by atoms with Gasteiger partial charge in [0.15, 0.2) is 0 Å². The number of amides is 2. The lowest BCUT2D eigenvalue weighted by Gasteiger charge is -2.41. The number of carboxylic acid groups (broad SMARTS) is 1. The first-order valence-electron chi connectivity index (χ1n) is 6.69. The molecular weight excluding hydrogens is 232 g/mol. The van der Waals surface area contributed by atoms with Crippen LogP contribution in [0.25, 0.3) is 0 Å². The normalized spacial score (nSPS) is 20.4. The van der Waals surface area contributed by atoms with Crippen LogP contribution in [0.15, 0.2) is 0 Å². The molecule has 0 aromatic carbocycles. The number of hydrogen-bond acceptors (Lipinski definition) is 2. The predicted molar refractivity (Wildman–Crippen MR) is 69.4 cm³/mol. The summed E-state index contributed by atoms with van der Waals surface area (Å²) in [6, 6.07) is -0.152. The molecule has 1 fully saturated rings. The quantitative estimate of drug-likeness (QED) is 0.681. The minimum atomic E-state index is -0.857. The molecule has 18 heavy (non-hydrogen) atoms. The van der Waals surface area contributed by atoms with Gasteiger partial charge in [-0.3, -0.25) is 4.79 Å². The average Bonchev–Trinajstić information content (AvgIpc) is 2.23. The van der Waals surface area contributed by atoms with E-state index >= 15 is 0 Å². The second kappa shape index (κ2) is 6.07. The molecule has 0 heterocycles. The van der Waals surface area contributed by atoms with Gasteiger partial charge in [-0.1, -0.05) is 20.3 Å². The van der Waals surface area contributed by atoms with Crippen molar-refractivity contribution in [1.82, 2.24) is 10.6 Å². The average molecular weight is 256 g/mol. The van der Waals surface area contributed by atoms with E-state index in [4.69, 9.17) is 5.11 Å². The Morgan fingerprint density at radius 3 is 2.33 bits per heavy atom. The molecule has 1 rings (SSSR count). The third kappa shape index (κ3) is 3.89. The number of carbonyl (C=O) groups is 2. The highest BCUT2D eigenvalue weighted by molar-refractivity contribution is 5.77. The van der Waals surface area contributed by atoms with Crippen LogP contribution >= 0.6 is 0 Å². The summed E-state index contributed by atoms with van der Waals surface area (Å²) in [6.07, 6.45) is 3.50. The molecule has 1 saturated carbocycles. The zero-order chi connectivity index (χ0) is 13.8. The third-order valence-corrected chi connectivity index (χ3v) is 4.04. The van der Waals surface area contributed by atoms with Gasteiger partial charge in [-0.05, 0) is 32.1 Å². The van der Waals surface area contributed by atoms with E-state index in [0.717, 1.165) is 25.7 Å². The highest BCUT2D eigenvalue weighted by Crippen LogP contribution is 2.34. The molecular formula is C13H24N2O3. The monoisotopic (exact) mass is 256 g/mol. The Balaban J connectivity index is 2.45. The lowest BCUT2D eigenvalue weighted by Crippen LogP contribution is -2.58. The molecule has 0 saturated heterocycles. The van der Waals surface area contributed by atoms with Crippen LogP contribution in [0.5, 0.6) is 0 Å². The van der Waals surface area contributed by atoms with Gasteiger partial charge in [0.2, 0.25) is 0 Å². The first-order valence-corrected chi connectivity index (χ1v) is 6.69. The number of nitrogens with one attached hydrogen (secondary N) is 2. The van der Waals surface area contributed by atoms with Crippen LogP contribution in [-0.2, 0) is 4.79 Å². The topological polar surface area (TPSA) is 78.4 Å². The van der Waals surface area contributed by atoms with Crippen molar-refractivity contribution < 1.29 is 14.7 Å². The first-order chi connectivity index (χ1) is 8.38. The SMILES string of the molecule is CCC(C)C(C)NC(=O)NC1(CC(=O)O)CCC1. The number of carboxylic acids is 1. The van der Waals surface area contributed by atoms with Crippen molar-refractivity contribution in [3.8, 4) is 0 Å². The molecule has 1 aliphatic carbocycles. The number of carbonyl (C=O) groups excluding carboxylic acids is 1. The van der Waals surface area contributed by atoms with E-state index in [2.05, 4.69) is 24.5 Å². The predicted octanol–water partition coefficient (Wildman–Crippen LogP) is 2.12. The van der Waals surface area contributed by atoms with E-state index in [9.17, 15) is 9.59 Å². The van der Waals surface area contributed by atoms with Gasteiger partial charge in [0.05, 0.1) is 12.0 Å². The van der Waals surface area contributed by atoms with Crippen molar-refractivity contribution in [1.29, 1.82) is 0 Å². The molecule has 5 heteroatoms. The van der Waals surface area contributed by atoms with Gasteiger partial charge in [-0.2, -0.15) is 0 Å². The second-order valence-corrected chi connectivity index (χ2v) is 5.48. The van der Waals surface area contributed by atoms with Gasteiger partial charge < -0.3 is 15.7 Å². The molecule has 5 nitrogen and oxygen atoms in total. The summed E-state index contributed by atoms with van der Waals surface area (Å²) in [7, 11) is 0. The Kier molecular flexibility index (Phi) is 4.99. The zero-order valence-electron chi connectivity index (χ0n) is 11.5. The highest BCUT2D eigenvalue weighted by atomic mass is 16.4. The summed E-state index contributed by atoms with van der Waals surface area (Å²) in [4.78, 5) is 22.6. The summed E-state index contributed by atoms with van der Waals surface area (Å²) in [6.45, 7) is 6.14. The maximum atomic E-state index is 11.8. The van der Waals surface area contributed by atoms with Gasteiger partial charge >= 0.3 is 12.0 Å². The van der Waals surface area contributed by atoms with Gasteiger partial charge in [0.1, 0.15) is 0 Å². The smallest absolute Gasteiger partial charge is 0.315 e. The van der Waals surface area contributed by atoms with Crippen LogP contribution in [0.3, 0.4) is 0 Å². The molecule has 3 N–H and O–H groups in total. The first kappa shape index (κ1) is 14.8. The number of hydrogen-bond donors (Lipinski definition) is 3. The fourth-order valence-electron chi connectivity index (χ4n) is 2.22. The maximum Gasteiger partial charge on any atom is 0.315 e. The maximum absolute atomic E-state index is 11.8. The largest absolute Gasteiger partial charge is 0.481 e. The van der Waals surface area contributed by atoms with Crippen LogP contribution < -0.4 is 10.6 Å². The van der Waals surface area contributed by atoms with Crippen molar-refractivity contribution in [2.45, 2.75) is 64.5 Å². The fraction of sp³-hybridized carbons (Fsp3) is 0.846. The molecule has 0 bridgehead atoms. The molecule has 2 atom stereocenters. The number of rotatable bonds is 6. The lowest BCUT2D eigenvalue weighted by molar-refractivity contribution is -0.139. The van der Waals surface area contributed by atoms with Crippen molar-refractivity contribution >= 4 is 12.0 Å². The summed E-state index contributed by atoms with van der Waals surface area (Å²) in [5.41, 5.74) is -0.523. The van der Waals surface area contributed by atoms with E-state index < -0.39 is 11.5 Å². The van der Waals surface area contributed by atoms with E-state index in [0.29, 0.717) is 5.92 Å². The van der Waals surface area contributed by atoms with E-state index in [1.807, 2.05) is 6.92 Å². The van der Waals surface area contributed by atoms with Crippen molar-refractivity contribution in [2.75, 3.05) is 0 Å². The molecule has 0 aromatic heterocycles. The van der Waals surface area contributed by atoms with E-state index in [1.54, 1.807) is 0 Å². The van der Waals surface area contributed by atoms with E-state index in [-0.39, 0.29) is 18.5 Å². The van der Waals surface area contributed by atoms with Crippen molar-refractivity contribution in [3.63, 3.8) is 0 Å².